The van der Waals surface area contributed by atoms with Crippen molar-refractivity contribution in [3.05, 3.63) is 41.8 Å². The van der Waals surface area contributed by atoms with E-state index in [1.165, 1.54) is 0 Å². The predicted molar refractivity (Wildman–Crippen MR) is 53.9 cm³/mol. The van der Waals surface area contributed by atoms with Crippen LogP contribution >= 0.6 is 0 Å². The molecule has 1 aromatic carbocycles. The second-order valence-electron chi connectivity index (χ2n) is 2.42. The molecule has 0 radical (unpaired) electrons. The number of nitrogens with two attached hydrogens (primary N) is 1. The molecule has 1 aromatic rings. The quantitative estimate of drug-likeness (QED) is 0.431. The van der Waals surface area contributed by atoms with Gasteiger partial charge in [0.2, 0.25) is 0 Å². The van der Waals surface area contributed by atoms with Crippen LogP contribution in [0.3, 0.4) is 0 Å². The van der Waals surface area contributed by atoms with Crippen LogP contribution in [0.15, 0.2) is 46.7 Å². The molecule has 0 bridgehead atoms. The average Bonchev–Trinajstić information content (AvgIpc) is 2.17. The molecule has 1 unspecified atom stereocenters. The lowest BCUT2D eigenvalue weighted by molar-refractivity contribution is 0.602. The summed E-state index contributed by atoms with van der Waals surface area (Å²) in [5.41, 5.74) is 5.16. The highest BCUT2D eigenvalue weighted by molar-refractivity contribution is 7.96. The van der Waals surface area contributed by atoms with Crippen molar-refractivity contribution in [2.24, 2.45) is 5.73 Å². The Bertz CT molecular complexity index is 324. The second-order valence-corrected chi connectivity index (χ2v) is 3.92. The monoisotopic (exact) mass is 194 g/mol. The highest BCUT2D eigenvalue weighted by Crippen LogP contribution is 2.16. The smallest absolute Gasteiger partial charge is 0.192 e. The maximum absolute atomic E-state index is 11.6. The molecule has 0 aliphatic heterocycles. The molecule has 4 heteroatoms. The lowest BCUT2D eigenvalue weighted by Gasteiger charge is -2.09. The van der Waals surface area contributed by atoms with E-state index < -0.39 is 11.2 Å². The van der Waals surface area contributed by atoms with Gasteiger partial charge in [-0.05, 0) is 18.7 Å². The van der Waals surface area contributed by atoms with Crippen molar-refractivity contribution >= 4 is 17.0 Å². The Morgan fingerprint density at radius 1 is 1.38 bits per heavy atom. The number of hydrogen-bond acceptors (Lipinski definition) is 2. The Balaban J connectivity index is 2.86. The van der Waals surface area contributed by atoms with Gasteiger partial charge in [0.1, 0.15) is 0 Å². The van der Waals surface area contributed by atoms with Crippen LogP contribution in [0.4, 0.5) is 0 Å². The van der Waals surface area contributed by atoms with Gasteiger partial charge < -0.3 is 10.3 Å². The normalized spacial score (nSPS) is 12.1. The average molecular weight is 194 g/mol. The van der Waals surface area contributed by atoms with Gasteiger partial charge in [-0.15, -0.1) is 0 Å². The van der Waals surface area contributed by atoms with Crippen LogP contribution in [0.2, 0.25) is 0 Å². The van der Waals surface area contributed by atoms with Crippen LogP contribution in [-0.4, -0.2) is 10.4 Å². The van der Waals surface area contributed by atoms with E-state index in [1.54, 1.807) is 24.3 Å². The number of benzene rings is 1. The summed E-state index contributed by atoms with van der Waals surface area (Å²) in [6, 6.07) is 8.81. The minimum Gasteiger partial charge on any atom is -0.606 e. The molecule has 0 heterocycles. The van der Waals surface area contributed by atoms with Crippen LogP contribution in [0.25, 0.3) is 0 Å². The van der Waals surface area contributed by atoms with Crippen LogP contribution in [0.1, 0.15) is 0 Å². The second kappa shape index (κ2) is 4.11. The first-order valence-electron chi connectivity index (χ1n) is 3.63. The highest BCUT2D eigenvalue weighted by Gasteiger charge is 2.17. The molecule has 0 amide bonds. The van der Waals surface area contributed by atoms with Gasteiger partial charge in [-0.2, -0.15) is 0 Å². The Morgan fingerprint density at radius 2 is 1.92 bits per heavy atom. The molecular formula is C9H10N2OS. The Kier molecular flexibility index (Phi) is 3.11. The number of amidine groups is 1. The van der Waals surface area contributed by atoms with Crippen LogP contribution in [0, 0.1) is 5.41 Å². The van der Waals surface area contributed by atoms with Crippen molar-refractivity contribution in [2.75, 3.05) is 0 Å². The summed E-state index contributed by atoms with van der Waals surface area (Å²) in [5, 5.41) is 7.07. The van der Waals surface area contributed by atoms with Crippen LogP contribution in [0.5, 0.6) is 0 Å². The minimum atomic E-state index is -1.40. The Hall–Kier alpha value is -1.26. The zero-order valence-corrected chi connectivity index (χ0v) is 7.80. The van der Waals surface area contributed by atoms with Crippen LogP contribution in [-0.2, 0) is 11.2 Å². The molecule has 0 spiro atoms. The largest absolute Gasteiger partial charge is 0.606 e. The van der Waals surface area contributed by atoms with Gasteiger partial charge in [-0.3, -0.25) is 5.41 Å². The van der Waals surface area contributed by atoms with E-state index in [9.17, 15) is 4.55 Å². The van der Waals surface area contributed by atoms with Crippen molar-refractivity contribution in [1.29, 1.82) is 5.41 Å². The third-order valence-corrected chi connectivity index (χ3v) is 2.85. The molecular weight excluding hydrogens is 184 g/mol. The summed E-state index contributed by atoms with van der Waals surface area (Å²) in [4.78, 5) is 0.758. The molecule has 68 valence electrons. The van der Waals surface area contributed by atoms with E-state index >= 15 is 0 Å². The summed E-state index contributed by atoms with van der Waals surface area (Å²) in [6.07, 6.45) is 0. The minimum absolute atomic E-state index is 0.145. The maximum Gasteiger partial charge on any atom is 0.192 e. The van der Waals surface area contributed by atoms with Gasteiger partial charge in [0.15, 0.2) is 15.6 Å². The van der Waals surface area contributed by atoms with Crippen molar-refractivity contribution < 1.29 is 4.55 Å². The topological polar surface area (TPSA) is 72.9 Å². The fraction of sp³-hybridized carbons (Fsp3) is 0. The van der Waals surface area contributed by atoms with Gasteiger partial charge in [-0.25, -0.2) is 0 Å². The van der Waals surface area contributed by atoms with E-state index in [0.29, 0.717) is 4.90 Å². The molecule has 1 atom stereocenters. The molecule has 0 fully saturated rings. The molecule has 3 N–H and O–H groups in total. The van der Waals surface area contributed by atoms with E-state index in [0.717, 1.165) is 0 Å². The predicted octanol–water partition coefficient (Wildman–Crippen LogP) is 1.24. The van der Waals surface area contributed by atoms with Crippen molar-refractivity contribution in [1.82, 2.24) is 0 Å². The zero-order chi connectivity index (χ0) is 9.84. The molecule has 0 saturated carbocycles. The highest BCUT2D eigenvalue weighted by atomic mass is 32.2. The number of nitrogens with one attached hydrogen (secondary N) is 1. The van der Waals surface area contributed by atoms with E-state index in [-0.39, 0.29) is 10.7 Å². The first kappa shape index (κ1) is 9.83. The number of rotatable bonds is 3. The summed E-state index contributed by atoms with van der Waals surface area (Å²) >= 11 is -1.40. The molecule has 0 saturated heterocycles. The Labute approximate surface area is 80.0 Å². The van der Waals surface area contributed by atoms with Gasteiger partial charge in [0.25, 0.3) is 0 Å². The molecule has 0 aliphatic rings. The molecule has 0 aromatic heterocycles. The summed E-state index contributed by atoms with van der Waals surface area (Å²) in [7, 11) is 0. The standard InChI is InChI=1S/C9H10N2OS/c1-7(9(10)11)13(12)8-5-3-2-4-6-8/h2-6H,1H2,(H3,10,11). The molecule has 13 heavy (non-hydrogen) atoms. The molecule has 0 aliphatic carbocycles. The van der Waals surface area contributed by atoms with E-state index in [4.69, 9.17) is 11.1 Å². The summed E-state index contributed by atoms with van der Waals surface area (Å²) < 4.78 is 11.6. The first-order chi connectivity index (χ1) is 6.13. The lowest BCUT2D eigenvalue weighted by atomic mass is 10.4. The summed E-state index contributed by atoms with van der Waals surface area (Å²) in [6.45, 7) is 3.48. The van der Waals surface area contributed by atoms with Gasteiger partial charge >= 0.3 is 0 Å². The molecule has 3 nitrogen and oxygen atoms in total. The van der Waals surface area contributed by atoms with Gasteiger partial charge in [0, 0.05) is 11.2 Å². The Morgan fingerprint density at radius 3 is 2.38 bits per heavy atom. The number of hydrogen-bond donors (Lipinski definition) is 2. The van der Waals surface area contributed by atoms with Gasteiger partial charge in [0.05, 0.1) is 0 Å². The first-order valence-corrected chi connectivity index (χ1v) is 4.78. The zero-order valence-electron chi connectivity index (χ0n) is 6.99. The maximum atomic E-state index is 11.6. The SMILES string of the molecule is C=C(C(=N)N)[S+]([O-])c1ccccc1. The van der Waals surface area contributed by atoms with Crippen molar-refractivity contribution in [3.8, 4) is 0 Å². The van der Waals surface area contributed by atoms with Gasteiger partial charge in [-0.1, -0.05) is 18.2 Å². The van der Waals surface area contributed by atoms with Crippen molar-refractivity contribution in [2.45, 2.75) is 4.90 Å². The summed E-state index contributed by atoms with van der Waals surface area (Å²) in [5.74, 6) is -0.234. The fourth-order valence-electron chi connectivity index (χ4n) is 0.786. The molecule has 1 rings (SSSR count). The lowest BCUT2D eigenvalue weighted by Crippen LogP contribution is -2.19. The van der Waals surface area contributed by atoms with E-state index in [2.05, 4.69) is 6.58 Å². The third kappa shape index (κ3) is 2.34. The van der Waals surface area contributed by atoms with E-state index in [1.807, 2.05) is 6.07 Å². The van der Waals surface area contributed by atoms with Crippen LogP contribution < -0.4 is 5.73 Å². The van der Waals surface area contributed by atoms with Crippen molar-refractivity contribution in [3.63, 3.8) is 0 Å². The fourth-order valence-corrected chi connectivity index (χ4v) is 1.67. The third-order valence-electron chi connectivity index (χ3n) is 1.48.